The monoisotopic (exact) mass is 167 g/mol. The van der Waals surface area contributed by atoms with E-state index in [1.807, 2.05) is 36.5 Å². The van der Waals surface area contributed by atoms with E-state index in [2.05, 4.69) is 0 Å². The van der Waals surface area contributed by atoms with E-state index in [0.29, 0.717) is 0 Å². The fourth-order valence-electron chi connectivity index (χ4n) is 0.577. The molecule has 0 aliphatic heterocycles. The third kappa shape index (κ3) is 8.65. The summed E-state index contributed by atoms with van der Waals surface area (Å²) >= 11 is 0. The van der Waals surface area contributed by atoms with Crippen LogP contribution in [-0.4, -0.2) is 17.1 Å². The van der Waals surface area contributed by atoms with E-state index < -0.39 is 5.97 Å². The topological polar surface area (TPSA) is 63.3 Å². The average Bonchev–Trinajstić information content (AvgIpc) is 2.14. The quantitative estimate of drug-likeness (QED) is 0.567. The van der Waals surface area contributed by atoms with E-state index in [1.165, 1.54) is 0 Å². The van der Waals surface area contributed by atoms with Gasteiger partial charge < -0.3 is 10.8 Å². The molecule has 1 aliphatic carbocycles. The van der Waals surface area contributed by atoms with Gasteiger partial charge in [0.05, 0.1) is 0 Å². The minimum absolute atomic E-state index is 0.102. The van der Waals surface area contributed by atoms with Crippen LogP contribution in [0.2, 0.25) is 0 Å². The summed E-state index contributed by atoms with van der Waals surface area (Å²) < 4.78 is 0. The van der Waals surface area contributed by atoms with Gasteiger partial charge in [-0.1, -0.05) is 36.5 Å². The lowest BCUT2D eigenvalue weighted by Gasteiger charge is -1.91. The van der Waals surface area contributed by atoms with Crippen LogP contribution in [0.15, 0.2) is 36.5 Å². The number of nitrogens with two attached hydrogens (primary N) is 1. The first-order chi connectivity index (χ1) is 5.63. The Bertz CT molecular complexity index is 197. The molecule has 3 nitrogen and oxygen atoms in total. The molecule has 0 spiro atoms. The van der Waals surface area contributed by atoms with Gasteiger partial charge in [-0.15, -0.1) is 0 Å². The molecule has 0 aromatic carbocycles. The molecule has 0 aromatic rings. The number of hydrogen-bond donors (Lipinski definition) is 2. The van der Waals surface area contributed by atoms with Crippen LogP contribution in [0.5, 0.6) is 0 Å². The van der Waals surface area contributed by atoms with Crippen molar-refractivity contribution in [1.29, 1.82) is 0 Å². The molecule has 0 amide bonds. The summed E-state index contributed by atoms with van der Waals surface area (Å²) in [5.41, 5.74) is 5.52. The molecule has 12 heavy (non-hydrogen) atoms. The maximum atomic E-state index is 9.00. The summed E-state index contributed by atoms with van der Waals surface area (Å²) in [6.45, 7) is 1.08. The van der Waals surface area contributed by atoms with Gasteiger partial charge >= 0.3 is 0 Å². The van der Waals surface area contributed by atoms with Crippen molar-refractivity contribution in [2.24, 2.45) is 5.73 Å². The second-order valence-electron chi connectivity index (χ2n) is 2.25. The van der Waals surface area contributed by atoms with Crippen molar-refractivity contribution in [3.63, 3.8) is 0 Å². The fourth-order valence-corrected chi connectivity index (χ4v) is 0.577. The Balaban J connectivity index is 0.000000261. The summed E-state index contributed by atoms with van der Waals surface area (Å²) in [5.74, 6) is -0.833. The Kier molecular flexibility index (Phi) is 5.65. The van der Waals surface area contributed by atoms with Crippen LogP contribution in [0.3, 0.4) is 0 Å². The molecule has 0 fully saturated rings. The zero-order valence-electron chi connectivity index (χ0n) is 6.97. The third-order valence-corrected chi connectivity index (χ3v) is 1.00. The summed E-state index contributed by atoms with van der Waals surface area (Å²) in [6.07, 6.45) is 11.7. The van der Waals surface area contributed by atoms with E-state index >= 15 is 0 Å². The first-order valence-electron chi connectivity index (χ1n) is 3.59. The molecule has 1 rings (SSSR count). The van der Waals surface area contributed by atoms with Crippen LogP contribution in [0.25, 0.3) is 0 Å². The highest BCUT2D eigenvalue weighted by Crippen LogP contribution is 1.91. The number of carboxylic acids is 1. The number of allylic oxidation sites excluding steroid dienone is 4. The standard InChI is InChI=1S/C7H9N.C2H4O2/c8-7-5-3-1-2-4-6-7;1-2(3)4/h1-7H,8H2;1H3,(H,3,4). The second-order valence-corrected chi connectivity index (χ2v) is 2.25. The normalized spacial score (nSPS) is 14.8. The van der Waals surface area contributed by atoms with Crippen molar-refractivity contribution in [3.8, 4) is 0 Å². The molecule has 3 heteroatoms. The van der Waals surface area contributed by atoms with Crippen molar-refractivity contribution in [3.05, 3.63) is 36.5 Å². The summed E-state index contributed by atoms with van der Waals surface area (Å²) in [6, 6.07) is 0.102. The van der Waals surface area contributed by atoms with Crippen molar-refractivity contribution >= 4 is 5.97 Å². The molecule has 0 aromatic heterocycles. The molecule has 0 atom stereocenters. The SMILES string of the molecule is CC(=O)O.NC1C=CC=CC=C1. The van der Waals surface area contributed by atoms with E-state index in [4.69, 9.17) is 15.6 Å². The molecule has 0 saturated carbocycles. The molecule has 0 unspecified atom stereocenters. The zero-order chi connectivity index (χ0) is 9.40. The Morgan fingerprint density at radius 2 is 1.58 bits per heavy atom. The second kappa shape index (κ2) is 6.37. The largest absolute Gasteiger partial charge is 0.481 e. The number of hydrogen-bond acceptors (Lipinski definition) is 2. The first-order valence-corrected chi connectivity index (χ1v) is 3.59. The minimum Gasteiger partial charge on any atom is -0.481 e. The van der Waals surface area contributed by atoms with Crippen molar-refractivity contribution < 1.29 is 9.90 Å². The Labute approximate surface area is 71.9 Å². The third-order valence-electron chi connectivity index (χ3n) is 1.00. The zero-order valence-corrected chi connectivity index (χ0v) is 6.97. The van der Waals surface area contributed by atoms with E-state index in [0.717, 1.165) is 6.92 Å². The highest BCUT2D eigenvalue weighted by atomic mass is 16.4. The first kappa shape index (κ1) is 10.7. The predicted octanol–water partition coefficient (Wildman–Crippen LogP) is 1.09. The molecule has 1 aliphatic rings. The van der Waals surface area contributed by atoms with Gasteiger partial charge in [0, 0.05) is 13.0 Å². The molecule has 0 radical (unpaired) electrons. The van der Waals surface area contributed by atoms with Crippen LogP contribution >= 0.6 is 0 Å². The van der Waals surface area contributed by atoms with Crippen LogP contribution in [0, 0.1) is 0 Å². The van der Waals surface area contributed by atoms with E-state index in [-0.39, 0.29) is 6.04 Å². The molecule has 66 valence electrons. The highest BCUT2D eigenvalue weighted by Gasteiger charge is 1.86. The lowest BCUT2D eigenvalue weighted by Crippen LogP contribution is -2.11. The van der Waals surface area contributed by atoms with Crippen LogP contribution in [0.4, 0.5) is 0 Å². The lowest BCUT2D eigenvalue weighted by atomic mass is 10.3. The molecule has 0 saturated heterocycles. The number of carboxylic acid groups (broad SMARTS) is 1. The van der Waals surface area contributed by atoms with Crippen molar-refractivity contribution in [2.45, 2.75) is 13.0 Å². The number of aliphatic carboxylic acids is 1. The minimum atomic E-state index is -0.833. The van der Waals surface area contributed by atoms with Gasteiger partial charge in [-0.2, -0.15) is 0 Å². The van der Waals surface area contributed by atoms with Crippen molar-refractivity contribution in [1.82, 2.24) is 0 Å². The predicted molar refractivity (Wildman–Crippen MR) is 48.7 cm³/mol. The van der Waals surface area contributed by atoms with Gasteiger partial charge in [0.1, 0.15) is 0 Å². The Morgan fingerprint density at radius 1 is 1.25 bits per heavy atom. The van der Waals surface area contributed by atoms with Gasteiger partial charge in [-0.3, -0.25) is 4.79 Å². The Hall–Kier alpha value is -1.35. The van der Waals surface area contributed by atoms with Gasteiger partial charge in [0.25, 0.3) is 5.97 Å². The van der Waals surface area contributed by atoms with Crippen molar-refractivity contribution in [2.75, 3.05) is 0 Å². The van der Waals surface area contributed by atoms with E-state index in [9.17, 15) is 0 Å². The maximum absolute atomic E-state index is 9.00. The molecule has 0 bridgehead atoms. The summed E-state index contributed by atoms with van der Waals surface area (Å²) in [4.78, 5) is 9.00. The Morgan fingerprint density at radius 3 is 1.92 bits per heavy atom. The highest BCUT2D eigenvalue weighted by molar-refractivity contribution is 5.62. The smallest absolute Gasteiger partial charge is 0.300 e. The molecular formula is C9H13NO2. The number of rotatable bonds is 0. The molecular weight excluding hydrogens is 154 g/mol. The molecule has 3 N–H and O–H groups in total. The summed E-state index contributed by atoms with van der Waals surface area (Å²) in [5, 5.41) is 7.42. The summed E-state index contributed by atoms with van der Waals surface area (Å²) in [7, 11) is 0. The number of carbonyl (C=O) groups is 1. The van der Waals surface area contributed by atoms with Gasteiger partial charge in [0.15, 0.2) is 0 Å². The van der Waals surface area contributed by atoms with Crippen LogP contribution in [-0.2, 0) is 4.79 Å². The fraction of sp³-hybridized carbons (Fsp3) is 0.222. The average molecular weight is 167 g/mol. The van der Waals surface area contributed by atoms with Crippen LogP contribution < -0.4 is 5.73 Å². The van der Waals surface area contributed by atoms with Gasteiger partial charge in [0.2, 0.25) is 0 Å². The van der Waals surface area contributed by atoms with E-state index in [1.54, 1.807) is 0 Å². The van der Waals surface area contributed by atoms with Gasteiger partial charge in [-0.05, 0) is 0 Å². The van der Waals surface area contributed by atoms with Crippen LogP contribution in [0.1, 0.15) is 6.92 Å². The molecule has 0 heterocycles. The maximum Gasteiger partial charge on any atom is 0.300 e. The van der Waals surface area contributed by atoms with Gasteiger partial charge in [-0.25, -0.2) is 0 Å². The lowest BCUT2D eigenvalue weighted by molar-refractivity contribution is -0.134.